The van der Waals surface area contributed by atoms with Gasteiger partial charge in [-0.25, -0.2) is 0 Å². The lowest BCUT2D eigenvalue weighted by Crippen LogP contribution is -2.43. The van der Waals surface area contributed by atoms with Crippen LogP contribution in [0.15, 0.2) is 24.3 Å². The molecule has 22 heavy (non-hydrogen) atoms. The number of rotatable bonds is 3. The molecule has 0 aromatic heterocycles. The number of benzene rings is 1. The summed E-state index contributed by atoms with van der Waals surface area (Å²) < 4.78 is 39.3. The Morgan fingerprint density at radius 2 is 1.82 bits per heavy atom. The van der Waals surface area contributed by atoms with E-state index in [9.17, 15) is 23.1 Å². The SMILES string of the molecule is CN(Cc1ccc(O)cc1)C(=O)[C@H]1CCCC[C@H]1C(F)(F)F. The summed E-state index contributed by atoms with van der Waals surface area (Å²) in [7, 11) is 1.53. The third-order valence-electron chi connectivity index (χ3n) is 4.24. The number of amides is 1. The summed E-state index contributed by atoms with van der Waals surface area (Å²) in [5, 5.41) is 9.22. The highest BCUT2D eigenvalue weighted by Gasteiger charge is 2.48. The second-order valence-corrected chi connectivity index (χ2v) is 5.90. The lowest BCUT2D eigenvalue weighted by molar-refractivity contribution is -0.200. The Bertz CT molecular complexity index is 513. The molecule has 1 fully saturated rings. The molecule has 1 aliphatic carbocycles. The van der Waals surface area contributed by atoms with Gasteiger partial charge in [0.1, 0.15) is 5.75 Å². The summed E-state index contributed by atoms with van der Waals surface area (Å²) in [5.74, 6) is -2.84. The van der Waals surface area contributed by atoms with Crippen LogP contribution in [0.4, 0.5) is 13.2 Å². The molecule has 6 heteroatoms. The van der Waals surface area contributed by atoms with Crippen molar-refractivity contribution in [3.63, 3.8) is 0 Å². The molecular weight excluding hydrogens is 295 g/mol. The van der Waals surface area contributed by atoms with E-state index in [4.69, 9.17) is 0 Å². The van der Waals surface area contributed by atoms with E-state index in [0.29, 0.717) is 19.3 Å². The third kappa shape index (κ3) is 3.93. The predicted molar refractivity (Wildman–Crippen MR) is 76.1 cm³/mol. The normalized spacial score (nSPS) is 22.4. The topological polar surface area (TPSA) is 40.5 Å². The molecule has 0 radical (unpaired) electrons. The Labute approximate surface area is 127 Å². The van der Waals surface area contributed by atoms with Crippen molar-refractivity contribution in [2.45, 2.75) is 38.4 Å². The molecule has 0 aliphatic heterocycles. The molecule has 0 spiro atoms. The van der Waals surface area contributed by atoms with E-state index in [1.807, 2.05) is 0 Å². The smallest absolute Gasteiger partial charge is 0.392 e. The first-order chi connectivity index (χ1) is 10.3. The molecule has 1 aromatic carbocycles. The van der Waals surface area contributed by atoms with Gasteiger partial charge in [0.25, 0.3) is 0 Å². The van der Waals surface area contributed by atoms with Gasteiger partial charge in [-0.15, -0.1) is 0 Å². The summed E-state index contributed by atoms with van der Waals surface area (Å²) in [4.78, 5) is 13.8. The van der Waals surface area contributed by atoms with Gasteiger partial charge >= 0.3 is 6.18 Å². The first-order valence-corrected chi connectivity index (χ1v) is 7.38. The number of halogens is 3. The molecule has 1 aliphatic rings. The quantitative estimate of drug-likeness (QED) is 0.923. The van der Waals surface area contributed by atoms with Crippen LogP contribution < -0.4 is 0 Å². The summed E-state index contributed by atoms with van der Waals surface area (Å²) in [6.07, 6.45) is -2.80. The number of phenolic OH excluding ortho intramolecular Hbond substituents is 1. The minimum Gasteiger partial charge on any atom is -0.508 e. The van der Waals surface area contributed by atoms with Crippen LogP contribution in [0.2, 0.25) is 0 Å². The Kier molecular flexibility index (Phi) is 4.98. The maximum Gasteiger partial charge on any atom is 0.392 e. The van der Waals surface area contributed by atoms with Crippen LogP contribution in [0.3, 0.4) is 0 Å². The molecule has 0 unspecified atom stereocenters. The minimum atomic E-state index is -4.32. The zero-order chi connectivity index (χ0) is 16.3. The number of hydrogen-bond donors (Lipinski definition) is 1. The fourth-order valence-corrected chi connectivity index (χ4v) is 3.05. The van der Waals surface area contributed by atoms with Gasteiger partial charge in [-0.3, -0.25) is 4.79 Å². The van der Waals surface area contributed by atoms with Crippen molar-refractivity contribution < 1.29 is 23.1 Å². The van der Waals surface area contributed by atoms with E-state index in [1.54, 1.807) is 12.1 Å². The molecule has 2 atom stereocenters. The van der Waals surface area contributed by atoms with Gasteiger partial charge in [0, 0.05) is 19.5 Å². The number of nitrogens with zero attached hydrogens (tertiary/aromatic N) is 1. The maximum absolute atomic E-state index is 13.1. The second kappa shape index (κ2) is 6.58. The van der Waals surface area contributed by atoms with Crippen LogP contribution in [0, 0.1) is 11.8 Å². The van der Waals surface area contributed by atoms with Crippen molar-refractivity contribution in [1.82, 2.24) is 4.90 Å². The van der Waals surface area contributed by atoms with Gasteiger partial charge in [0.05, 0.1) is 5.92 Å². The molecule has 1 aromatic rings. The maximum atomic E-state index is 13.1. The minimum absolute atomic E-state index is 0.0347. The summed E-state index contributed by atoms with van der Waals surface area (Å²) in [5.41, 5.74) is 0.771. The number of phenols is 1. The van der Waals surface area contributed by atoms with Gasteiger partial charge < -0.3 is 10.0 Å². The van der Waals surface area contributed by atoms with Crippen LogP contribution in [-0.2, 0) is 11.3 Å². The third-order valence-corrected chi connectivity index (χ3v) is 4.24. The van der Waals surface area contributed by atoms with E-state index >= 15 is 0 Å². The van der Waals surface area contributed by atoms with Crippen molar-refractivity contribution >= 4 is 5.91 Å². The van der Waals surface area contributed by atoms with E-state index in [0.717, 1.165) is 5.56 Å². The van der Waals surface area contributed by atoms with Crippen molar-refractivity contribution in [2.24, 2.45) is 11.8 Å². The number of aromatic hydroxyl groups is 1. The fraction of sp³-hybridized carbons (Fsp3) is 0.562. The first kappa shape index (κ1) is 16.6. The lowest BCUT2D eigenvalue weighted by atomic mass is 9.78. The van der Waals surface area contributed by atoms with Crippen LogP contribution in [0.25, 0.3) is 0 Å². The van der Waals surface area contributed by atoms with E-state index in [-0.39, 0.29) is 18.7 Å². The van der Waals surface area contributed by atoms with Crippen LogP contribution >= 0.6 is 0 Å². The predicted octanol–water partition coefficient (Wildman–Crippen LogP) is 3.72. The highest BCUT2D eigenvalue weighted by Crippen LogP contribution is 2.42. The van der Waals surface area contributed by atoms with E-state index in [1.165, 1.54) is 24.1 Å². The Balaban J connectivity index is 2.06. The fourth-order valence-electron chi connectivity index (χ4n) is 3.05. The van der Waals surface area contributed by atoms with E-state index in [2.05, 4.69) is 0 Å². The first-order valence-electron chi connectivity index (χ1n) is 7.38. The zero-order valence-corrected chi connectivity index (χ0v) is 12.4. The monoisotopic (exact) mass is 315 g/mol. The van der Waals surface area contributed by atoms with Crippen LogP contribution in [0.5, 0.6) is 5.75 Å². The molecule has 1 saturated carbocycles. The van der Waals surface area contributed by atoms with Crippen molar-refractivity contribution in [3.8, 4) is 5.75 Å². The molecule has 122 valence electrons. The molecule has 0 bridgehead atoms. The number of hydrogen-bond acceptors (Lipinski definition) is 2. The Hall–Kier alpha value is -1.72. The highest BCUT2D eigenvalue weighted by atomic mass is 19.4. The molecule has 2 rings (SSSR count). The van der Waals surface area contributed by atoms with Crippen molar-refractivity contribution in [1.29, 1.82) is 0 Å². The number of carbonyl (C=O) groups excluding carboxylic acids is 1. The number of alkyl halides is 3. The summed E-state index contributed by atoms with van der Waals surface area (Å²) in [6.45, 7) is 0.236. The van der Waals surface area contributed by atoms with Gasteiger partial charge in [-0.05, 0) is 30.5 Å². The molecule has 1 amide bonds. The van der Waals surface area contributed by atoms with Gasteiger partial charge in [-0.1, -0.05) is 25.0 Å². The largest absolute Gasteiger partial charge is 0.508 e. The zero-order valence-electron chi connectivity index (χ0n) is 12.4. The lowest BCUT2D eigenvalue weighted by Gasteiger charge is -2.34. The molecule has 1 N–H and O–H groups in total. The summed E-state index contributed by atoms with van der Waals surface area (Å²) >= 11 is 0. The average Bonchev–Trinajstić information content (AvgIpc) is 2.48. The van der Waals surface area contributed by atoms with Crippen molar-refractivity contribution in [2.75, 3.05) is 7.05 Å². The molecule has 3 nitrogen and oxygen atoms in total. The van der Waals surface area contributed by atoms with Crippen LogP contribution in [0.1, 0.15) is 31.2 Å². The molecular formula is C16H20F3NO2. The van der Waals surface area contributed by atoms with Gasteiger partial charge in [0.2, 0.25) is 5.91 Å². The highest BCUT2D eigenvalue weighted by molar-refractivity contribution is 5.79. The standard InChI is InChI=1S/C16H20F3NO2/c1-20(10-11-6-8-12(21)9-7-11)15(22)13-4-2-3-5-14(13)16(17,18)19/h6-9,13-14,21H,2-5,10H2,1H3/t13-,14+/m0/s1. The van der Waals surface area contributed by atoms with Crippen molar-refractivity contribution in [3.05, 3.63) is 29.8 Å². The average molecular weight is 315 g/mol. The molecule has 0 heterocycles. The van der Waals surface area contributed by atoms with Gasteiger partial charge in [-0.2, -0.15) is 13.2 Å². The second-order valence-electron chi connectivity index (χ2n) is 5.90. The van der Waals surface area contributed by atoms with Crippen LogP contribution in [-0.4, -0.2) is 29.1 Å². The molecule has 0 saturated heterocycles. The van der Waals surface area contributed by atoms with Gasteiger partial charge in [0.15, 0.2) is 0 Å². The Morgan fingerprint density at radius 3 is 2.41 bits per heavy atom. The Morgan fingerprint density at radius 1 is 1.23 bits per heavy atom. The van der Waals surface area contributed by atoms with E-state index < -0.39 is 23.9 Å². The summed E-state index contributed by atoms with van der Waals surface area (Å²) in [6, 6.07) is 6.29. The number of carbonyl (C=O) groups is 1.